The largest absolute Gasteiger partial charge is 0.441 e. The number of hydrogen-bond donors (Lipinski definition) is 2. The third-order valence-corrected chi connectivity index (χ3v) is 7.25. The Morgan fingerprint density at radius 2 is 2.14 bits per heavy atom. The van der Waals surface area contributed by atoms with Gasteiger partial charge in [0.1, 0.15) is 6.10 Å². The summed E-state index contributed by atoms with van der Waals surface area (Å²) in [6.07, 6.45) is 3.83. The summed E-state index contributed by atoms with van der Waals surface area (Å²) in [6.45, 7) is 1.54. The van der Waals surface area contributed by atoms with Crippen molar-refractivity contribution in [2.45, 2.75) is 43.2 Å². The van der Waals surface area contributed by atoms with E-state index in [2.05, 4.69) is 30.9 Å². The van der Waals surface area contributed by atoms with Gasteiger partial charge in [0.15, 0.2) is 11.5 Å². The molecule has 2 aliphatic rings. The molecule has 3 heterocycles. The quantitative estimate of drug-likeness (QED) is 0.392. The molecule has 2 amide bonds. The van der Waals surface area contributed by atoms with Crippen LogP contribution in [-0.4, -0.2) is 47.9 Å². The van der Waals surface area contributed by atoms with Crippen molar-refractivity contribution in [1.82, 2.24) is 30.3 Å². The first-order valence-corrected chi connectivity index (χ1v) is 11.6. The summed E-state index contributed by atoms with van der Waals surface area (Å²) in [5, 5.41) is 13.8. The number of carbonyl (C=O) groups is 2. The Morgan fingerprint density at radius 1 is 1.31 bits per heavy atom. The topological polar surface area (TPSA) is 124 Å². The van der Waals surface area contributed by atoms with Gasteiger partial charge in [-0.2, -0.15) is 4.39 Å². The summed E-state index contributed by atoms with van der Waals surface area (Å²) in [5.74, 6) is -0.339. The summed E-state index contributed by atoms with van der Waals surface area (Å²) in [7, 11) is 1.59. The van der Waals surface area contributed by atoms with E-state index in [4.69, 9.17) is 16.3 Å². The fourth-order valence-electron chi connectivity index (χ4n) is 4.66. The second-order valence-electron chi connectivity index (χ2n) is 8.87. The van der Waals surface area contributed by atoms with Crippen LogP contribution in [-0.2, 0) is 11.8 Å². The highest BCUT2D eigenvalue weighted by Crippen LogP contribution is 2.56. The maximum Gasteiger partial charge on any atom is 0.413 e. The molecular formula is C23H23ClFN7O3. The van der Waals surface area contributed by atoms with Gasteiger partial charge in [-0.05, 0) is 56.4 Å². The Balaban J connectivity index is 1.26. The molecule has 0 aromatic carbocycles. The Labute approximate surface area is 205 Å². The van der Waals surface area contributed by atoms with Gasteiger partial charge >= 0.3 is 6.09 Å². The van der Waals surface area contributed by atoms with Crippen LogP contribution in [0, 0.1) is 11.9 Å². The van der Waals surface area contributed by atoms with Crippen molar-refractivity contribution in [3.8, 4) is 11.4 Å². The number of nitrogens with one attached hydrogen (secondary N) is 2. The highest BCUT2D eigenvalue weighted by Gasteiger charge is 2.60. The third-order valence-electron chi connectivity index (χ3n) is 6.79. The lowest BCUT2D eigenvalue weighted by Crippen LogP contribution is -2.71. The van der Waals surface area contributed by atoms with Gasteiger partial charge in [-0.3, -0.25) is 15.1 Å². The zero-order valence-corrected chi connectivity index (χ0v) is 19.8. The fraction of sp³-hybridized carbons (Fsp3) is 0.391. The lowest BCUT2D eigenvalue weighted by Gasteiger charge is -2.61. The van der Waals surface area contributed by atoms with Crippen molar-refractivity contribution in [3.63, 3.8) is 0 Å². The summed E-state index contributed by atoms with van der Waals surface area (Å²) < 4.78 is 20.5. The number of halogens is 2. The molecule has 2 aliphatic carbocycles. The number of fused-ring (bicyclic) bond motifs is 1. The van der Waals surface area contributed by atoms with Crippen molar-refractivity contribution in [1.29, 1.82) is 0 Å². The minimum Gasteiger partial charge on any atom is -0.441 e. The lowest BCUT2D eigenvalue weighted by molar-refractivity contribution is -0.0101. The SMILES string of the molecule is C[C@@H](OC(=O)Nc1c(-c2ccc(C(=O)NC34CCC3C(Cl)C4)cn2)nnn1C)c1cccnc1F. The van der Waals surface area contributed by atoms with Gasteiger partial charge in [-0.1, -0.05) is 5.21 Å². The van der Waals surface area contributed by atoms with Gasteiger partial charge in [-0.15, -0.1) is 16.7 Å². The molecule has 10 nitrogen and oxygen atoms in total. The van der Waals surface area contributed by atoms with E-state index in [-0.39, 0.29) is 28.2 Å². The molecular weight excluding hydrogens is 477 g/mol. The van der Waals surface area contributed by atoms with E-state index in [1.54, 1.807) is 25.2 Å². The van der Waals surface area contributed by atoms with Crippen molar-refractivity contribution in [2.24, 2.45) is 13.0 Å². The van der Waals surface area contributed by atoms with Gasteiger partial charge in [0.05, 0.1) is 11.3 Å². The molecule has 0 radical (unpaired) electrons. The standard InChI is InChI=1S/C23H23ClFN7O3/c1-12(14-4-3-9-26-19(14)25)35-22(34)28-20-18(30-31-32(20)2)17-6-5-13(11-27-17)21(33)29-23-8-7-15(23)16(24)10-23/h3-6,9,11-12,15-16H,7-8,10H2,1-2H3,(H,28,34)(H,29,33)/t12-,15?,16?,23?/m1/s1. The van der Waals surface area contributed by atoms with E-state index >= 15 is 0 Å². The second kappa shape index (κ2) is 8.88. The molecule has 12 heteroatoms. The van der Waals surface area contributed by atoms with Crippen LogP contribution >= 0.6 is 11.6 Å². The molecule has 35 heavy (non-hydrogen) atoms. The number of rotatable bonds is 6. The van der Waals surface area contributed by atoms with E-state index in [1.807, 2.05) is 0 Å². The highest BCUT2D eigenvalue weighted by molar-refractivity contribution is 6.22. The first kappa shape index (κ1) is 23.2. The van der Waals surface area contributed by atoms with Gasteiger partial charge < -0.3 is 10.1 Å². The number of carbonyl (C=O) groups excluding carboxylic acids is 2. The molecule has 182 valence electrons. The maximum atomic E-state index is 13.9. The van der Waals surface area contributed by atoms with E-state index < -0.39 is 18.1 Å². The number of nitrogens with zero attached hydrogens (tertiary/aromatic N) is 5. The fourth-order valence-corrected chi connectivity index (χ4v) is 5.31. The molecule has 4 atom stereocenters. The molecule has 0 saturated heterocycles. The molecule has 3 unspecified atom stereocenters. The number of ether oxygens (including phenoxy) is 1. The molecule has 2 N–H and O–H groups in total. The van der Waals surface area contributed by atoms with E-state index in [0.717, 1.165) is 19.3 Å². The number of pyridine rings is 2. The summed E-state index contributed by atoms with van der Waals surface area (Å²) in [6, 6.07) is 6.32. The smallest absolute Gasteiger partial charge is 0.413 e. The van der Waals surface area contributed by atoms with Crippen molar-refractivity contribution in [2.75, 3.05) is 5.32 Å². The van der Waals surface area contributed by atoms with Crippen LogP contribution in [0.5, 0.6) is 0 Å². The average molecular weight is 500 g/mol. The third kappa shape index (κ3) is 4.20. The Morgan fingerprint density at radius 3 is 2.77 bits per heavy atom. The van der Waals surface area contributed by atoms with Gasteiger partial charge in [0.25, 0.3) is 5.91 Å². The normalized spacial score (nSPS) is 23.3. The summed E-state index contributed by atoms with van der Waals surface area (Å²) in [4.78, 5) is 33.1. The predicted octanol–water partition coefficient (Wildman–Crippen LogP) is 3.61. The zero-order chi connectivity index (χ0) is 24.7. The maximum absolute atomic E-state index is 13.9. The first-order valence-electron chi connectivity index (χ1n) is 11.2. The number of amides is 2. The van der Waals surface area contributed by atoms with Gasteiger partial charge in [0, 0.05) is 35.9 Å². The lowest BCUT2D eigenvalue weighted by atomic mass is 9.53. The minimum absolute atomic E-state index is 0.130. The number of alkyl halides is 1. The van der Waals surface area contributed by atoms with Crippen LogP contribution < -0.4 is 10.6 Å². The molecule has 3 aromatic heterocycles. The Hall–Kier alpha value is -3.60. The molecule has 0 spiro atoms. The van der Waals surface area contributed by atoms with Crippen molar-refractivity contribution in [3.05, 3.63) is 53.7 Å². The van der Waals surface area contributed by atoms with E-state index in [1.165, 1.54) is 30.1 Å². The molecule has 2 fully saturated rings. The van der Waals surface area contributed by atoms with Crippen molar-refractivity contribution < 1.29 is 18.7 Å². The first-order chi connectivity index (χ1) is 16.8. The number of anilines is 1. The number of aryl methyl sites for hydroxylation is 1. The van der Waals surface area contributed by atoms with Crippen LogP contribution in [0.3, 0.4) is 0 Å². The summed E-state index contributed by atoms with van der Waals surface area (Å²) in [5.41, 5.74) is 1.08. The Bertz CT molecular complexity index is 1280. The molecule has 5 rings (SSSR count). The van der Waals surface area contributed by atoms with Crippen LogP contribution in [0.25, 0.3) is 11.4 Å². The van der Waals surface area contributed by atoms with E-state index in [9.17, 15) is 14.0 Å². The van der Waals surface area contributed by atoms with Crippen LogP contribution in [0.4, 0.5) is 15.0 Å². The molecule has 3 aromatic rings. The minimum atomic E-state index is -0.872. The number of aromatic nitrogens is 5. The van der Waals surface area contributed by atoms with Crippen molar-refractivity contribution >= 4 is 29.4 Å². The predicted molar refractivity (Wildman–Crippen MR) is 124 cm³/mol. The summed E-state index contributed by atoms with van der Waals surface area (Å²) >= 11 is 6.23. The van der Waals surface area contributed by atoms with Gasteiger partial charge in [-0.25, -0.2) is 14.5 Å². The highest BCUT2D eigenvalue weighted by atomic mass is 35.5. The van der Waals surface area contributed by atoms with Gasteiger partial charge in [0.2, 0.25) is 5.95 Å². The molecule has 0 bridgehead atoms. The van der Waals surface area contributed by atoms with E-state index in [0.29, 0.717) is 22.9 Å². The van der Waals surface area contributed by atoms with Crippen LogP contribution in [0.15, 0.2) is 36.7 Å². The van der Waals surface area contributed by atoms with Crippen LogP contribution in [0.2, 0.25) is 0 Å². The number of hydrogen-bond acceptors (Lipinski definition) is 7. The second-order valence-corrected chi connectivity index (χ2v) is 9.43. The average Bonchev–Trinajstić information content (AvgIpc) is 3.18. The monoisotopic (exact) mass is 499 g/mol. The molecule has 0 aliphatic heterocycles. The molecule has 2 saturated carbocycles. The Kier molecular flexibility index (Phi) is 5.87. The van der Waals surface area contributed by atoms with Crippen LogP contribution in [0.1, 0.15) is 48.2 Å². The zero-order valence-electron chi connectivity index (χ0n) is 19.0.